The van der Waals surface area contributed by atoms with E-state index in [1.807, 2.05) is 65.8 Å². The Morgan fingerprint density at radius 3 is 2.28 bits per heavy atom. The first-order valence-electron chi connectivity index (χ1n) is 8.05. The topological polar surface area (TPSA) is 15.3 Å². The lowest BCUT2D eigenvalue weighted by molar-refractivity contribution is 0.631. The van der Waals surface area contributed by atoms with Gasteiger partial charge in [-0.15, -0.1) is 0 Å². The number of benzene rings is 3. The Morgan fingerprint density at radius 2 is 1.52 bits per heavy atom. The normalized spacial score (nSPS) is 16.1. The Kier molecular flexibility index (Phi) is 4.16. The molecule has 0 saturated heterocycles. The van der Waals surface area contributed by atoms with E-state index < -0.39 is 0 Å². The molecule has 0 aromatic heterocycles. The molecule has 1 aliphatic heterocycles. The van der Waals surface area contributed by atoms with Crippen molar-refractivity contribution in [3.63, 3.8) is 0 Å². The van der Waals surface area contributed by atoms with Gasteiger partial charge in [-0.3, -0.25) is 5.01 Å². The van der Waals surface area contributed by atoms with Gasteiger partial charge in [0.25, 0.3) is 0 Å². The monoisotopic (exact) mass is 350 g/mol. The highest BCUT2D eigenvalue weighted by molar-refractivity contribution is 6.30. The Labute approximate surface area is 151 Å². The summed E-state index contributed by atoms with van der Waals surface area (Å²) in [5.74, 6) is -0.231. The molecule has 124 valence electrons. The van der Waals surface area contributed by atoms with Crippen LogP contribution in [0.15, 0.2) is 85.1 Å². The van der Waals surface area contributed by atoms with Gasteiger partial charge in [0.1, 0.15) is 5.82 Å². The van der Waals surface area contributed by atoms with Crippen LogP contribution in [0.1, 0.15) is 11.6 Å². The second-order valence-corrected chi connectivity index (χ2v) is 6.29. The highest BCUT2D eigenvalue weighted by Gasteiger charge is 2.24. The molecule has 0 spiro atoms. The van der Waals surface area contributed by atoms with E-state index in [9.17, 15) is 4.39 Å². The molecule has 2 nitrogen and oxygen atoms in total. The molecule has 4 heteroatoms. The predicted molar refractivity (Wildman–Crippen MR) is 101 cm³/mol. The van der Waals surface area contributed by atoms with Crippen molar-refractivity contribution in [3.05, 3.63) is 101 Å². The van der Waals surface area contributed by atoms with E-state index in [-0.39, 0.29) is 11.9 Å². The maximum atomic E-state index is 14.3. The van der Waals surface area contributed by atoms with E-state index in [0.717, 1.165) is 16.8 Å². The Balaban J connectivity index is 1.77. The second kappa shape index (κ2) is 6.61. The first-order chi connectivity index (χ1) is 12.2. The van der Waals surface area contributed by atoms with Gasteiger partial charge in [0, 0.05) is 22.3 Å². The third-order valence-corrected chi connectivity index (χ3v) is 4.56. The van der Waals surface area contributed by atoms with Crippen LogP contribution < -0.4 is 10.4 Å². The second-order valence-electron chi connectivity index (χ2n) is 5.85. The number of rotatable bonds is 3. The minimum Gasteiger partial charge on any atom is -0.305 e. The average Bonchev–Trinajstić information content (AvgIpc) is 3.12. The number of para-hydroxylation sites is 1. The molecule has 1 aliphatic rings. The average molecular weight is 351 g/mol. The third-order valence-electron chi connectivity index (χ3n) is 4.31. The smallest absolute Gasteiger partial charge is 0.131 e. The molecule has 3 aromatic carbocycles. The van der Waals surface area contributed by atoms with Crippen LogP contribution in [0.2, 0.25) is 5.02 Å². The van der Waals surface area contributed by atoms with Gasteiger partial charge in [0.05, 0.1) is 11.7 Å². The molecule has 3 aromatic rings. The quantitative estimate of drug-likeness (QED) is 0.649. The van der Waals surface area contributed by atoms with Crippen molar-refractivity contribution >= 4 is 17.3 Å². The van der Waals surface area contributed by atoms with Crippen LogP contribution in [-0.4, -0.2) is 0 Å². The summed E-state index contributed by atoms with van der Waals surface area (Å²) in [4.78, 5) is 0. The molecule has 0 aliphatic carbocycles. The van der Waals surface area contributed by atoms with Crippen LogP contribution in [0.5, 0.6) is 0 Å². The summed E-state index contributed by atoms with van der Waals surface area (Å²) in [6, 6.07) is 22.4. The lowest BCUT2D eigenvalue weighted by atomic mass is 10.0. The van der Waals surface area contributed by atoms with E-state index in [0.29, 0.717) is 10.6 Å². The van der Waals surface area contributed by atoms with Crippen LogP contribution in [0.25, 0.3) is 11.1 Å². The van der Waals surface area contributed by atoms with Gasteiger partial charge in [-0.25, -0.2) is 4.39 Å². The van der Waals surface area contributed by atoms with Gasteiger partial charge >= 0.3 is 0 Å². The maximum absolute atomic E-state index is 14.3. The zero-order chi connectivity index (χ0) is 17.2. The highest BCUT2D eigenvalue weighted by atomic mass is 35.5. The maximum Gasteiger partial charge on any atom is 0.131 e. The molecule has 1 unspecified atom stereocenters. The van der Waals surface area contributed by atoms with Gasteiger partial charge in [-0.1, -0.05) is 60.1 Å². The molecule has 0 fully saturated rings. The van der Waals surface area contributed by atoms with Gasteiger partial charge in [0.2, 0.25) is 0 Å². The molecule has 1 atom stereocenters. The van der Waals surface area contributed by atoms with Gasteiger partial charge < -0.3 is 5.43 Å². The van der Waals surface area contributed by atoms with Crippen LogP contribution >= 0.6 is 11.6 Å². The van der Waals surface area contributed by atoms with Gasteiger partial charge in [-0.2, -0.15) is 0 Å². The SMILES string of the molecule is Fc1ccccc1-c1ccccc1N1NC=CC1c1ccc(Cl)cc1. The highest BCUT2D eigenvalue weighted by Crippen LogP contribution is 2.37. The van der Waals surface area contributed by atoms with Crippen LogP contribution in [0, 0.1) is 5.82 Å². The first-order valence-corrected chi connectivity index (χ1v) is 8.43. The molecular weight excluding hydrogens is 335 g/mol. The number of anilines is 1. The van der Waals surface area contributed by atoms with Crippen molar-refractivity contribution in [3.8, 4) is 11.1 Å². The number of halogens is 2. The van der Waals surface area contributed by atoms with E-state index >= 15 is 0 Å². The van der Waals surface area contributed by atoms with E-state index in [4.69, 9.17) is 11.6 Å². The summed E-state index contributed by atoms with van der Waals surface area (Å²) in [5.41, 5.74) is 6.71. The molecule has 25 heavy (non-hydrogen) atoms. The molecular formula is C21H16ClFN2. The summed E-state index contributed by atoms with van der Waals surface area (Å²) < 4.78 is 14.3. The van der Waals surface area contributed by atoms with Gasteiger partial charge in [-0.05, 0) is 35.9 Å². The molecule has 0 saturated carbocycles. The summed E-state index contributed by atoms with van der Waals surface area (Å²) >= 11 is 6.01. The number of hydrogen-bond donors (Lipinski definition) is 1. The minimum absolute atomic E-state index is 0.00481. The van der Waals surface area contributed by atoms with Crippen molar-refractivity contribution < 1.29 is 4.39 Å². The van der Waals surface area contributed by atoms with E-state index in [1.54, 1.807) is 12.1 Å². The predicted octanol–water partition coefficient (Wildman–Crippen LogP) is 5.73. The number of hydrazine groups is 1. The zero-order valence-electron chi connectivity index (χ0n) is 13.4. The van der Waals surface area contributed by atoms with Crippen molar-refractivity contribution in [1.29, 1.82) is 0 Å². The van der Waals surface area contributed by atoms with E-state index in [2.05, 4.69) is 11.5 Å². The molecule has 0 bridgehead atoms. The number of nitrogens with zero attached hydrogens (tertiary/aromatic N) is 1. The van der Waals surface area contributed by atoms with Crippen molar-refractivity contribution in [2.24, 2.45) is 0 Å². The lowest BCUT2D eigenvalue weighted by Gasteiger charge is -2.29. The Morgan fingerprint density at radius 1 is 0.840 bits per heavy atom. The third kappa shape index (κ3) is 2.99. The molecule has 1 N–H and O–H groups in total. The zero-order valence-corrected chi connectivity index (χ0v) is 14.1. The van der Waals surface area contributed by atoms with Crippen molar-refractivity contribution in [2.45, 2.75) is 6.04 Å². The molecule has 0 radical (unpaired) electrons. The van der Waals surface area contributed by atoms with Crippen molar-refractivity contribution in [2.75, 3.05) is 5.01 Å². The van der Waals surface area contributed by atoms with Crippen LogP contribution in [0.3, 0.4) is 0 Å². The fourth-order valence-corrected chi connectivity index (χ4v) is 3.24. The number of hydrogen-bond acceptors (Lipinski definition) is 2. The molecule has 4 rings (SSSR count). The summed E-state index contributed by atoms with van der Waals surface area (Å²) in [7, 11) is 0. The largest absolute Gasteiger partial charge is 0.305 e. The fraction of sp³-hybridized carbons (Fsp3) is 0.0476. The summed E-state index contributed by atoms with van der Waals surface area (Å²) in [6.45, 7) is 0. The van der Waals surface area contributed by atoms with E-state index in [1.165, 1.54) is 6.07 Å². The summed E-state index contributed by atoms with van der Waals surface area (Å²) in [6.07, 6.45) is 3.97. The Hall–Kier alpha value is -2.78. The van der Waals surface area contributed by atoms with Crippen LogP contribution in [0.4, 0.5) is 10.1 Å². The van der Waals surface area contributed by atoms with Crippen molar-refractivity contribution in [1.82, 2.24) is 5.43 Å². The first kappa shape index (κ1) is 15.7. The number of nitrogens with one attached hydrogen (secondary N) is 1. The fourth-order valence-electron chi connectivity index (χ4n) is 3.11. The summed E-state index contributed by atoms with van der Waals surface area (Å²) in [5, 5.41) is 2.74. The Bertz CT molecular complexity index is 921. The minimum atomic E-state index is -0.231. The van der Waals surface area contributed by atoms with Gasteiger partial charge in [0.15, 0.2) is 0 Å². The lowest BCUT2D eigenvalue weighted by Crippen LogP contribution is -2.32. The van der Waals surface area contributed by atoms with Crippen LogP contribution in [-0.2, 0) is 0 Å². The molecule has 0 amide bonds. The molecule has 1 heterocycles. The standard InChI is InChI=1S/C21H16ClFN2/c22-16-11-9-15(10-12-16)20-13-14-24-25(20)21-8-4-2-6-18(21)17-5-1-3-7-19(17)23/h1-14,20,24H.